The van der Waals surface area contributed by atoms with Gasteiger partial charge in [0.15, 0.2) is 0 Å². The molecule has 2 aromatic rings. The fourth-order valence-electron chi connectivity index (χ4n) is 4.75. The molecule has 0 aromatic heterocycles. The molecule has 1 N–H and O–H groups in total. The van der Waals surface area contributed by atoms with Crippen molar-refractivity contribution < 1.29 is 14.0 Å². The van der Waals surface area contributed by atoms with Gasteiger partial charge in [0.1, 0.15) is 6.10 Å². The maximum atomic E-state index is 12.6. The molecular weight excluding hydrogens is 395 g/mol. The minimum Gasteiger partial charge on any atom is -0.445 e. The first kappa shape index (κ1) is 19.6. The Kier molecular flexibility index (Phi) is 5.30. The van der Waals surface area contributed by atoms with Crippen LogP contribution < -0.4 is 5.32 Å². The first-order valence-corrected chi connectivity index (χ1v) is 10.4. The van der Waals surface area contributed by atoms with Crippen molar-refractivity contribution >= 4 is 35.0 Å². The molecule has 0 spiro atoms. The minimum absolute atomic E-state index is 0.0301. The van der Waals surface area contributed by atoms with Crippen LogP contribution in [0, 0.1) is 0 Å². The lowest BCUT2D eigenvalue weighted by molar-refractivity contribution is -0.931. The van der Waals surface area contributed by atoms with E-state index in [0.29, 0.717) is 27.8 Å². The van der Waals surface area contributed by atoms with E-state index in [4.69, 9.17) is 27.9 Å². The number of hydrogen-bond acceptors (Lipinski definition) is 2. The van der Waals surface area contributed by atoms with E-state index in [2.05, 4.69) is 19.4 Å². The Balaban J connectivity index is 1.49. The fourth-order valence-corrected chi connectivity index (χ4v) is 5.11. The summed E-state index contributed by atoms with van der Waals surface area (Å²) in [6, 6.07) is 14.1. The minimum atomic E-state index is -0.429. The van der Waals surface area contributed by atoms with Crippen LogP contribution in [0.2, 0.25) is 10.0 Å². The number of amides is 1. The van der Waals surface area contributed by atoms with Crippen molar-refractivity contribution in [3.63, 3.8) is 0 Å². The van der Waals surface area contributed by atoms with Crippen molar-refractivity contribution in [2.75, 3.05) is 19.4 Å². The van der Waals surface area contributed by atoms with Gasteiger partial charge in [-0.3, -0.25) is 5.32 Å². The van der Waals surface area contributed by atoms with E-state index in [-0.39, 0.29) is 6.10 Å². The van der Waals surface area contributed by atoms with Crippen LogP contribution in [0.4, 0.5) is 10.5 Å². The zero-order chi connectivity index (χ0) is 19.9. The van der Waals surface area contributed by atoms with Gasteiger partial charge in [-0.2, -0.15) is 0 Å². The molecule has 2 bridgehead atoms. The molecule has 6 heteroatoms. The normalized spacial score (nSPS) is 25.4. The SMILES string of the molecule is C[N+]1(C)C2CCC1CC(OC(=O)Nc1cc(Cl)ccc1-c1cccc(Cl)c1)C2. The van der Waals surface area contributed by atoms with Crippen LogP contribution in [0.5, 0.6) is 0 Å². The largest absolute Gasteiger partial charge is 0.445 e. The van der Waals surface area contributed by atoms with Crippen LogP contribution in [0.1, 0.15) is 25.7 Å². The number of halogens is 2. The highest BCUT2D eigenvalue weighted by Crippen LogP contribution is 2.40. The second kappa shape index (κ2) is 7.58. The maximum absolute atomic E-state index is 12.6. The molecule has 2 fully saturated rings. The molecular formula is C22H25Cl2N2O2+. The summed E-state index contributed by atoms with van der Waals surface area (Å²) in [6.07, 6.45) is 3.82. The van der Waals surface area contributed by atoms with Gasteiger partial charge in [0, 0.05) is 41.3 Å². The van der Waals surface area contributed by atoms with Crippen molar-refractivity contribution in [1.29, 1.82) is 0 Å². The number of carbonyl (C=O) groups is 1. The molecule has 2 aromatic carbocycles. The standard InChI is InChI=1S/C22H24Cl2N2O2/c1-26(2)17-7-8-18(26)13-19(12-17)28-22(27)25-21-11-16(24)6-9-20(21)14-4-3-5-15(23)10-14/h3-6,9-11,17-19H,7-8,12-13H2,1-2H3/p+1. The van der Waals surface area contributed by atoms with Gasteiger partial charge in [-0.05, 0) is 29.8 Å². The highest BCUT2D eigenvalue weighted by Gasteiger charge is 2.49. The van der Waals surface area contributed by atoms with Crippen molar-refractivity contribution in [3.05, 3.63) is 52.5 Å². The van der Waals surface area contributed by atoms with E-state index < -0.39 is 6.09 Å². The molecule has 2 saturated heterocycles. The first-order chi connectivity index (χ1) is 13.3. The van der Waals surface area contributed by atoms with Crippen molar-refractivity contribution in [3.8, 4) is 11.1 Å². The van der Waals surface area contributed by atoms with Crippen LogP contribution in [0.25, 0.3) is 11.1 Å². The molecule has 0 saturated carbocycles. The van der Waals surface area contributed by atoms with Gasteiger partial charge in [-0.25, -0.2) is 4.79 Å². The Morgan fingerprint density at radius 1 is 1.04 bits per heavy atom. The molecule has 4 nitrogen and oxygen atoms in total. The number of rotatable bonds is 3. The molecule has 28 heavy (non-hydrogen) atoms. The summed E-state index contributed by atoms with van der Waals surface area (Å²) >= 11 is 12.3. The molecule has 2 atom stereocenters. The molecule has 2 unspecified atom stereocenters. The summed E-state index contributed by atoms with van der Waals surface area (Å²) in [6.45, 7) is 0. The van der Waals surface area contributed by atoms with Gasteiger partial charge in [-0.1, -0.05) is 41.4 Å². The predicted octanol–water partition coefficient (Wildman–Crippen LogP) is 5.98. The predicted molar refractivity (Wildman–Crippen MR) is 114 cm³/mol. The summed E-state index contributed by atoms with van der Waals surface area (Å²) in [5.74, 6) is 0. The number of anilines is 1. The highest BCUT2D eigenvalue weighted by atomic mass is 35.5. The fraction of sp³-hybridized carbons (Fsp3) is 0.409. The Labute approximate surface area is 176 Å². The topological polar surface area (TPSA) is 38.3 Å². The van der Waals surface area contributed by atoms with Crippen LogP contribution in [-0.2, 0) is 4.74 Å². The molecule has 0 radical (unpaired) electrons. The molecule has 0 aliphatic carbocycles. The number of nitrogens with one attached hydrogen (secondary N) is 1. The Morgan fingerprint density at radius 3 is 2.39 bits per heavy atom. The van der Waals surface area contributed by atoms with E-state index in [1.807, 2.05) is 30.3 Å². The number of benzene rings is 2. The lowest BCUT2D eigenvalue weighted by Gasteiger charge is -2.43. The van der Waals surface area contributed by atoms with E-state index in [1.165, 1.54) is 12.8 Å². The van der Waals surface area contributed by atoms with Crippen LogP contribution in [0.15, 0.2) is 42.5 Å². The van der Waals surface area contributed by atoms with Gasteiger partial charge in [-0.15, -0.1) is 0 Å². The second-order valence-electron chi connectivity index (χ2n) is 8.34. The average Bonchev–Trinajstić information content (AvgIpc) is 2.80. The smallest absolute Gasteiger partial charge is 0.411 e. The van der Waals surface area contributed by atoms with Gasteiger partial charge in [0.2, 0.25) is 0 Å². The first-order valence-electron chi connectivity index (χ1n) is 9.69. The number of hydrogen-bond donors (Lipinski definition) is 1. The molecule has 4 rings (SSSR count). The van der Waals surface area contributed by atoms with Gasteiger partial charge in [0.25, 0.3) is 0 Å². The summed E-state index contributed by atoms with van der Waals surface area (Å²) in [7, 11) is 4.59. The number of fused-ring (bicyclic) bond motifs is 2. The third-order valence-corrected chi connectivity index (χ3v) is 6.88. The van der Waals surface area contributed by atoms with Gasteiger partial charge in [0.05, 0.1) is 31.9 Å². The van der Waals surface area contributed by atoms with Gasteiger partial charge >= 0.3 is 6.09 Å². The van der Waals surface area contributed by atoms with Crippen LogP contribution in [-0.4, -0.2) is 42.9 Å². The summed E-state index contributed by atoms with van der Waals surface area (Å²) < 4.78 is 6.84. The van der Waals surface area contributed by atoms with E-state index in [1.54, 1.807) is 12.1 Å². The Hall–Kier alpha value is -1.75. The Morgan fingerprint density at radius 2 is 1.71 bits per heavy atom. The lowest BCUT2D eigenvalue weighted by Crippen LogP contribution is -2.56. The Bertz CT molecular complexity index is 884. The molecule has 1 amide bonds. The molecule has 2 aliphatic rings. The lowest BCUT2D eigenvalue weighted by atomic mass is 9.98. The van der Waals surface area contributed by atoms with Crippen LogP contribution >= 0.6 is 23.2 Å². The number of ether oxygens (including phenoxy) is 1. The maximum Gasteiger partial charge on any atom is 0.411 e. The zero-order valence-corrected chi connectivity index (χ0v) is 17.6. The molecule has 2 heterocycles. The van der Waals surface area contributed by atoms with E-state index in [9.17, 15) is 4.79 Å². The zero-order valence-electron chi connectivity index (χ0n) is 16.1. The van der Waals surface area contributed by atoms with E-state index in [0.717, 1.165) is 28.5 Å². The summed E-state index contributed by atoms with van der Waals surface area (Å²) in [5.41, 5.74) is 2.38. The monoisotopic (exact) mass is 419 g/mol. The van der Waals surface area contributed by atoms with E-state index >= 15 is 0 Å². The molecule has 2 aliphatic heterocycles. The number of carbonyl (C=O) groups excluding carboxylic acids is 1. The average molecular weight is 420 g/mol. The van der Waals surface area contributed by atoms with Crippen molar-refractivity contribution in [2.45, 2.75) is 43.9 Å². The number of piperidine rings is 1. The number of quaternary nitrogens is 1. The van der Waals surface area contributed by atoms with Crippen molar-refractivity contribution in [2.24, 2.45) is 0 Å². The quantitative estimate of drug-likeness (QED) is 0.621. The third kappa shape index (κ3) is 3.86. The summed E-state index contributed by atoms with van der Waals surface area (Å²) in [5, 5.41) is 4.08. The molecule has 148 valence electrons. The number of nitrogens with zero attached hydrogens (tertiary/aromatic N) is 1. The van der Waals surface area contributed by atoms with Gasteiger partial charge < -0.3 is 9.22 Å². The third-order valence-electron chi connectivity index (χ3n) is 6.41. The highest BCUT2D eigenvalue weighted by molar-refractivity contribution is 6.31. The van der Waals surface area contributed by atoms with Crippen molar-refractivity contribution in [1.82, 2.24) is 0 Å². The second-order valence-corrected chi connectivity index (χ2v) is 9.21. The summed E-state index contributed by atoms with van der Waals surface area (Å²) in [4.78, 5) is 12.6. The van der Waals surface area contributed by atoms with Crippen LogP contribution in [0.3, 0.4) is 0 Å².